The molecule has 1 amide bonds. The van der Waals surface area contributed by atoms with Gasteiger partial charge in [-0.05, 0) is 48.7 Å². The molecule has 1 unspecified atom stereocenters. The van der Waals surface area contributed by atoms with E-state index in [-0.39, 0.29) is 29.9 Å². The number of imidazole rings is 1. The maximum atomic E-state index is 13.9. The molecule has 5 rings (SSSR count). The zero-order chi connectivity index (χ0) is 22.1. The molecular weight excluding hydrogens is 412 g/mol. The molecule has 0 saturated carbocycles. The Morgan fingerprint density at radius 2 is 1.97 bits per heavy atom. The van der Waals surface area contributed by atoms with Gasteiger partial charge in [0.15, 0.2) is 11.3 Å². The van der Waals surface area contributed by atoms with Crippen LogP contribution in [0.4, 0.5) is 14.6 Å². The van der Waals surface area contributed by atoms with Crippen LogP contribution in [0.2, 0.25) is 0 Å². The lowest BCUT2D eigenvalue weighted by Crippen LogP contribution is -2.27. The van der Waals surface area contributed by atoms with Crippen molar-refractivity contribution in [1.82, 2.24) is 19.9 Å². The molecule has 0 radical (unpaired) electrons. The first-order valence-corrected chi connectivity index (χ1v) is 10.5. The van der Waals surface area contributed by atoms with Crippen molar-refractivity contribution in [3.8, 4) is 0 Å². The molecule has 1 aliphatic heterocycles. The molecule has 0 bridgehead atoms. The van der Waals surface area contributed by atoms with Crippen LogP contribution in [0.1, 0.15) is 40.5 Å². The first-order valence-electron chi connectivity index (χ1n) is 10.5. The quantitative estimate of drug-likeness (QED) is 0.510. The third kappa shape index (κ3) is 3.79. The van der Waals surface area contributed by atoms with E-state index in [1.165, 1.54) is 22.8 Å². The van der Waals surface area contributed by atoms with Crippen molar-refractivity contribution in [2.75, 3.05) is 11.4 Å². The molecule has 162 valence electrons. The maximum absolute atomic E-state index is 13.9. The molecular formula is C24H21F2N5O. The molecule has 4 aromatic rings. The molecule has 1 N–H and O–H groups in total. The number of hydrogen-bond donors (Lipinski definition) is 1. The van der Waals surface area contributed by atoms with Gasteiger partial charge in [0.1, 0.15) is 17.5 Å². The van der Waals surface area contributed by atoms with E-state index >= 15 is 0 Å². The topological polar surface area (TPSA) is 62.5 Å². The van der Waals surface area contributed by atoms with Crippen molar-refractivity contribution in [1.29, 1.82) is 0 Å². The van der Waals surface area contributed by atoms with E-state index in [2.05, 4.69) is 20.3 Å². The SMILES string of the molecule is O=C(NCc1ccccc1F)c1cnc2ccc(N3CCCC3c3cccc(F)c3)nn12. The predicted octanol–water partition coefficient (Wildman–Crippen LogP) is 4.28. The highest BCUT2D eigenvalue weighted by Crippen LogP contribution is 2.35. The Morgan fingerprint density at radius 1 is 1.09 bits per heavy atom. The van der Waals surface area contributed by atoms with Crippen molar-refractivity contribution < 1.29 is 13.6 Å². The van der Waals surface area contributed by atoms with Gasteiger partial charge in [-0.1, -0.05) is 30.3 Å². The van der Waals surface area contributed by atoms with Gasteiger partial charge in [-0.2, -0.15) is 0 Å². The zero-order valence-corrected chi connectivity index (χ0v) is 17.2. The van der Waals surface area contributed by atoms with Crippen molar-refractivity contribution >= 4 is 17.4 Å². The number of rotatable bonds is 5. The molecule has 0 aliphatic carbocycles. The minimum absolute atomic E-state index is 0.0116. The number of carbonyl (C=O) groups excluding carboxylic acids is 1. The Kier molecular flexibility index (Phi) is 5.26. The number of halogens is 2. The van der Waals surface area contributed by atoms with E-state index in [0.717, 1.165) is 24.9 Å². The van der Waals surface area contributed by atoms with Crippen molar-refractivity contribution in [2.24, 2.45) is 0 Å². The van der Waals surface area contributed by atoms with Crippen LogP contribution in [0.25, 0.3) is 5.65 Å². The number of carbonyl (C=O) groups is 1. The third-order valence-corrected chi connectivity index (χ3v) is 5.76. The van der Waals surface area contributed by atoms with Gasteiger partial charge in [-0.3, -0.25) is 4.79 Å². The van der Waals surface area contributed by atoms with Crippen molar-refractivity contribution in [3.05, 3.63) is 95.3 Å². The van der Waals surface area contributed by atoms with Gasteiger partial charge >= 0.3 is 0 Å². The molecule has 6 nitrogen and oxygen atoms in total. The summed E-state index contributed by atoms with van der Waals surface area (Å²) in [4.78, 5) is 19.2. The van der Waals surface area contributed by atoms with Crippen molar-refractivity contribution in [2.45, 2.75) is 25.4 Å². The summed E-state index contributed by atoms with van der Waals surface area (Å²) in [7, 11) is 0. The van der Waals surface area contributed by atoms with E-state index in [4.69, 9.17) is 0 Å². The molecule has 2 aromatic carbocycles. The Morgan fingerprint density at radius 3 is 2.81 bits per heavy atom. The smallest absolute Gasteiger partial charge is 0.271 e. The van der Waals surface area contributed by atoms with Gasteiger partial charge < -0.3 is 10.2 Å². The highest BCUT2D eigenvalue weighted by molar-refractivity contribution is 5.93. The molecule has 8 heteroatoms. The lowest BCUT2D eigenvalue weighted by Gasteiger charge is -2.26. The van der Waals surface area contributed by atoms with Crippen LogP contribution in [0.15, 0.2) is 66.9 Å². The molecule has 1 fully saturated rings. The number of anilines is 1. The molecule has 32 heavy (non-hydrogen) atoms. The van der Waals surface area contributed by atoms with E-state index in [0.29, 0.717) is 17.0 Å². The summed E-state index contributed by atoms with van der Waals surface area (Å²) in [5, 5.41) is 7.39. The average molecular weight is 433 g/mol. The fourth-order valence-electron chi connectivity index (χ4n) is 4.18. The summed E-state index contributed by atoms with van der Waals surface area (Å²) in [6.45, 7) is 0.843. The molecule has 2 aromatic heterocycles. The zero-order valence-electron chi connectivity index (χ0n) is 17.2. The van der Waals surface area contributed by atoms with Gasteiger partial charge in [0, 0.05) is 18.7 Å². The Bertz CT molecular complexity index is 1290. The largest absolute Gasteiger partial charge is 0.348 e. The van der Waals surface area contributed by atoms with Gasteiger partial charge in [-0.25, -0.2) is 18.3 Å². The number of benzene rings is 2. The Labute approximate surface area is 183 Å². The summed E-state index contributed by atoms with van der Waals surface area (Å²) in [5.74, 6) is -0.344. The summed E-state index contributed by atoms with van der Waals surface area (Å²) in [6.07, 6.45) is 3.31. The number of hydrogen-bond acceptors (Lipinski definition) is 4. The Hall–Kier alpha value is -3.81. The molecule has 3 heterocycles. The predicted molar refractivity (Wildman–Crippen MR) is 116 cm³/mol. The van der Waals surface area contributed by atoms with Gasteiger partial charge in [-0.15, -0.1) is 5.10 Å². The monoisotopic (exact) mass is 433 g/mol. The molecule has 1 atom stereocenters. The van der Waals surface area contributed by atoms with E-state index in [9.17, 15) is 13.6 Å². The summed E-state index contributed by atoms with van der Waals surface area (Å²) in [5.41, 5.74) is 2.10. The van der Waals surface area contributed by atoms with Crippen LogP contribution >= 0.6 is 0 Å². The normalized spacial score (nSPS) is 15.9. The summed E-state index contributed by atoms with van der Waals surface area (Å²) >= 11 is 0. The second-order valence-electron chi connectivity index (χ2n) is 7.79. The number of nitrogens with one attached hydrogen (secondary N) is 1. The Balaban J connectivity index is 1.41. The number of amides is 1. The van der Waals surface area contributed by atoms with Crippen LogP contribution < -0.4 is 10.2 Å². The van der Waals surface area contributed by atoms with Crippen LogP contribution in [0.3, 0.4) is 0 Å². The number of aromatic nitrogens is 3. The highest BCUT2D eigenvalue weighted by atomic mass is 19.1. The standard InChI is InChI=1S/C24H21F2N5O/c25-18-7-3-6-16(13-18)20-9-4-12-30(20)23-11-10-22-27-15-21(31(22)29-23)24(32)28-14-17-5-1-2-8-19(17)26/h1-3,5-8,10-11,13,15,20H,4,9,12,14H2,(H,28,32). The van der Waals surface area contributed by atoms with E-state index in [1.54, 1.807) is 36.4 Å². The highest BCUT2D eigenvalue weighted by Gasteiger charge is 2.28. The van der Waals surface area contributed by atoms with Crippen LogP contribution in [-0.2, 0) is 6.54 Å². The van der Waals surface area contributed by atoms with E-state index < -0.39 is 5.91 Å². The lowest BCUT2D eigenvalue weighted by molar-refractivity contribution is 0.0943. The summed E-state index contributed by atoms with van der Waals surface area (Å²) in [6, 6.07) is 16.6. The molecule has 1 aliphatic rings. The van der Waals surface area contributed by atoms with Crippen LogP contribution in [-0.4, -0.2) is 27.0 Å². The third-order valence-electron chi connectivity index (χ3n) is 5.76. The molecule has 0 spiro atoms. The van der Waals surface area contributed by atoms with Gasteiger partial charge in [0.2, 0.25) is 0 Å². The number of fused-ring (bicyclic) bond motifs is 1. The maximum Gasteiger partial charge on any atom is 0.271 e. The van der Waals surface area contributed by atoms with Gasteiger partial charge in [0.05, 0.1) is 12.2 Å². The first-order chi connectivity index (χ1) is 15.6. The lowest BCUT2D eigenvalue weighted by atomic mass is 10.0. The average Bonchev–Trinajstić information content (AvgIpc) is 3.45. The summed E-state index contributed by atoms with van der Waals surface area (Å²) < 4.78 is 29.1. The fraction of sp³-hybridized carbons (Fsp3) is 0.208. The van der Waals surface area contributed by atoms with Crippen molar-refractivity contribution in [3.63, 3.8) is 0 Å². The van der Waals surface area contributed by atoms with Crippen LogP contribution in [0, 0.1) is 11.6 Å². The van der Waals surface area contributed by atoms with Crippen LogP contribution in [0.5, 0.6) is 0 Å². The second kappa shape index (κ2) is 8.37. The number of nitrogens with zero attached hydrogens (tertiary/aromatic N) is 4. The second-order valence-corrected chi connectivity index (χ2v) is 7.79. The van der Waals surface area contributed by atoms with Gasteiger partial charge in [0.25, 0.3) is 5.91 Å². The first kappa shape index (κ1) is 20.1. The van der Waals surface area contributed by atoms with E-state index in [1.807, 2.05) is 12.1 Å². The molecule has 1 saturated heterocycles. The minimum atomic E-state index is -0.395. The minimum Gasteiger partial charge on any atom is -0.348 e. The fourth-order valence-corrected chi connectivity index (χ4v) is 4.18.